The maximum Gasteiger partial charge on any atom is 0.232 e. The third kappa shape index (κ3) is 2.82. The van der Waals surface area contributed by atoms with Crippen LogP contribution in [0.5, 0.6) is 0 Å². The van der Waals surface area contributed by atoms with Crippen molar-refractivity contribution in [2.45, 2.75) is 24.7 Å². The van der Waals surface area contributed by atoms with E-state index in [1.54, 1.807) is 6.20 Å². The molecule has 0 N–H and O–H groups in total. The van der Waals surface area contributed by atoms with Gasteiger partial charge < -0.3 is 4.90 Å². The Kier molecular flexibility index (Phi) is 3.74. The van der Waals surface area contributed by atoms with E-state index in [0.717, 1.165) is 30.5 Å². The normalized spacial score (nSPS) is 15.5. The Labute approximate surface area is 125 Å². The van der Waals surface area contributed by atoms with E-state index >= 15 is 0 Å². The fourth-order valence-corrected chi connectivity index (χ4v) is 2.80. The quantitative estimate of drug-likeness (QED) is 0.844. The van der Waals surface area contributed by atoms with Gasteiger partial charge in [-0.1, -0.05) is 36.4 Å². The summed E-state index contributed by atoms with van der Waals surface area (Å²) in [4.78, 5) is 18.9. The number of rotatable bonds is 5. The summed E-state index contributed by atoms with van der Waals surface area (Å²) in [5, 5.41) is 0. The number of nitrogens with zero attached hydrogens (tertiary/aromatic N) is 2. The summed E-state index contributed by atoms with van der Waals surface area (Å²) < 4.78 is 0. The predicted molar refractivity (Wildman–Crippen MR) is 82.9 cm³/mol. The monoisotopic (exact) mass is 280 g/mol. The molecule has 108 valence electrons. The van der Waals surface area contributed by atoms with E-state index in [4.69, 9.17) is 0 Å². The van der Waals surface area contributed by atoms with Crippen molar-refractivity contribution in [3.63, 3.8) is 0 Å². The first kappa shape index (κ1) is 13.8. The van der Waals surface area contributed by atoms with Gasteiger partial charge in [-0.05, 0) is 30.5 Å². The van der Waals surface area contributed by atoms with Gasteiger partial charge >= 0.3 is 0 Å². The lowest BCUT2D eigenvalue weighted by Gasteiger charge is -2.23. The van der Waals surface area contributed by atoms with Gasteiger partial charge in [0.05, 0.1) is 5.41 Å². The van der Waals surface area contributed by atoms with Crippen LogP contribution in [0.25, 0.3) is 0 Å². The second-order valence-corrected chi connectivity index (χ2v) is 5.75. The Balaban J connectivity index is 1.65. The molecule has 0 saturated heterocycles. The molecule has 1 aromatic carbocycles. The molecule has 0 spiro atoms. The highest BCUT2D eigenvalue weighted by Gasteiger charge is 2.52. The number of carbonyl (C=O) groups excluding carboxylic acids is 1. The SMILES string of the molecule is CN(CCc1ccccn1)C(=O)C1(c2ccccc2)CC1. The highest BCUT2D eigenvalue weighted by atomic mass is 16.2. The summed E-state index contributed by atoms with van der Waals surface area (Å²) in [7, 11) is 1.90. The first-order valence-corrected chi connectivity index (χ1v) is 7.43. The molecule has 1 aliphatic carbocycles. The van der Waals surface area contributed by atoms with Crippen LogP contribution in [0.15, 0.2) is 54.7 Å². The van der Waals surface area contributed by atoms with Gasteiger partial charge in [-0.25, -0.2) is 0 Å². The molecule has 1 saturated carbocycles. The molecule has 3 heteroatoms. The summed E-state index contributed by atoms with van der Waals surface area (Å²) in [6.45, 7) is 0.713. The van der Waals surface area contributed by atoms with Crippen molar-refractivity contribution in [3.8, 4) is 0 Å². The molecule has 3 nitrogen and oxygen atoms in total. The minimum Gasteiger partial charge on any atom is -0.345 e. The third-order valence-corrected chi connectivity index (χ3v) is 4.26. The Morgan fingerprint density at radius 2 is 1.86 bits per heavy atom. The van der Waals surface area contributed by atoms with Crippen LogP contribution >= 0.6 is 0 Å². The molecule has 1 fully saturated rings. The lowest BCUT2D eigenvalue weighted by atomic mass is 9.94. The van der Waals surface area contributed by atoms with E-state index in [0.29, 0.717) is 6.54 Å². The average molecular weight is 280 g/mol. The first-order chi connectivity index (χ1) is 10.2. The fraction of sp³-hybridized carbons (Fsp3) is 0.333. The maximum atomic E-state index is 12.8. The Morgan fingerprint density at radius 1 is 1.14 bits per heavy atom. The van der Waals surface area contributed by atoms with Crippen molar-refractivity contribution in [3.05, 3.63) is 66.0 Å². The van der Waals surface area contributed by atoms with Crippen LogP contribution in [-0.4, -0.2) is 29.4 Å². The van der Waals surface area contributed by atoms with Gasteiger partial charge in [0.25, 0.3) is 0 Å². The summed E-state index contributed by atoms with van der Waals surface area (Å²) in [6.07, 6.45) is 4.52. The zero-order chi connectivity index (χ0) is 14.7. The summed E-state index contributed by atoms with van der Waals surface area (Å²) in [5.41, 5.74) is 1.92. The number of carbonyl (C=O) groups is 1. The molecule has 1 aromatic heterocycles. The average Bonchev–Trinajstić information content (AvgIpc) is 3.35. The van der Waals surface area contributed by atoms with Gasteiger partial charge in [-0.3, -0.25) is 9.78 Å². The molecule has 0 atom stereocenters. The van der Waals surface area contributed by atoms with Gasteiger partial charge in [0.2, 0.25) is 5.91 Å². The molecule has 0 radical (unpaired) electrons. The Bertz CT molecular complexity index is 606. The lowest BCUT2D eigenvalue weighted by molar-refractivity contribution is -0.132. The van der Waals surface area contributed by atoms with Crippen LogP contribution in [0.2, 0.25) is 0 Å². The van der Waals surface area contributed by atoms with Gasteiger partial charge in [0, 0.05) is 31.9 Å². The van der Waals surface area contributed by atoms with Crippen molar-refractivity contribution >= 4 is 5.91 Å². The first-order valence-electron chi connectivity index (χ1n) is 7.43. The molecule has 3 rings (SSSR count). The van der Waals surface area contributed by atoms with Crippen molar-refractivity contribution < 1.29 is 4.79 Å². The van der Waals surface area contributed by atoms with Gasteiger partial charge in [0.15, 0.2) is 0 Å². The van der Waals surface area contributed by atoms with E-state index in [-0.39, 0.29) is 11.3 Å². The second kappa shape index (κ2) is 5.68. The smallest absolute Gasteiger partial charge is 0.232 e. The zero-order valence-corrected chi connectivity index (χ0v) is 12.3. The van der Waals surface area contributed by atoms with Gasteiger partial charge in [0.1, 0.15) is 0 Å². The van der Waals surface area contributed by atoms with Crippen LogP contribution in [0, 0.1) is 0 Å². The van der Waals surface area contributed by atoms with Gasteiger partial charge in [-0.15, -0.1) is 0 Å². The largest absolute Gasteiger partial charge is 0.345 e. The Hall–Kier alpha value is -2.16. The topological polar surface area (TPSA) is 33.2 Å². The van der Waals surface area contributed by atoms with Crippen molar-refractivity contribution in [2.24, 2.45) is 0 Å². The number of amides is 1. The predicted octanol–water partition coefficient (Wildman–Crippen LogP) is 2.81. The summed E-state index contributed by atoms with van der Waals surface area (Å²) >= 11 is 0. The zero-order valence-electron chi connectivity index (χ0n) is 12.3. The van der Waals surface area contributed by atoms with E-state index in [9.17, 15) is 4.79 Å². The van der Waals surface area contributed by atoms with E-state index in [1.807, 2.05) is 48.3 Å². The third-order valence-electron chi connectivity index (χ3n) is 4.26. The van der Waals surface area contributed by atoms with Crippen LogP contribution in [-0.2, 0) is 16.6 Å². The fourth-order valence-electron chi connectivity index (χ4n) is 2.80. The standard InChI is InChI=1S/C18H20N2O/c1-20(14-10-16-9-5-6-13-19-16)17(21)18(11-12-18)15-7-3-2-4-8-15/h2-9,13H,10-12,14H2,1H3. The molecule has 1 amide bonds. The molecule has 1 aliphatic rings. The van der Waals surface area contributed by atoms with E-state index in [1.165, 1.54) is 0 Å². The highest BCUT2D eigenvalue weighted by Crippen LogP contribution is 2.49. The molecule has 0 unspecified atom stereocenters. The molecule has 2 aromatic rings. The molecule has 21 heavy (non-hydrogen) atoms. The number of likely N-dealkylation sites (N-methyl/N-ethyl adjacent to an activating group) is 1. The minimum absolute atomic E-state index is 0.240. The van der Waals surface area contributed by atoms with Crippen LogP contribution in [0.4, 0.5) is 0 Å². The molecule has 0 aliphatic heterocycles. The summed E-state index contributed by atoms with van der Waals surface area (Å²) in [5.74, 6) is 0.240. The molecular weight excluding hydrogens is 260 g/mol. The van der Waals surface area contributed by atoms with Crippen molar-refractivity contribution in [1.29, 1.82) is 0 Å². The molecular formula is C18H20N2O. The van der Waals surface area contributed by atoms with Crippen LogP contribution in [0.3, 0.4) is 0 Å². The second-order valence-electron chi connectivity index (χ2n) is 5.75. The van der Waals surface area contributed by atoms with E-state index < -0.39 is 0 Å². The lowest BCUT2D eigenvalue weighted by Crippen LogP contribution is -2.37. The number of pyridine rings is 1. The maximum absolute atomic E-state index is 12.8. The number of aromatic nitrogens is 1. The Morgan fingerprint density at radius 3 is 2.48 bits per heavy atom. The highest BCUT2D eigenvalue weighted by molar-refractivity contribution is 5.91. The number of hydrogen-bond acceptors (Lipinski definition) is 2. The summed E-state index contributed by atoms with van der Waals surface area (Å²) in [6, 6.07) is 16.0. The van der Waals surface area contributed by atoms with Crippen LogP contribution in [0.1, 0.15) is 24.1 Å². The number of benzene rings is 1. The van der Waals surface area contributed by atoms with Crippen molar-refractivity contribution in [2.75, 3.05) is 13.6 Å². The van der Waals surface area contributed by atoms with E-state index in [2.05, 4.69) is 17.1 Å². The molecule has 1 heterocycles. The molecule has 0 bridgehead atoms. The number of hydrogen-bond donors (Lipinski definition) is 0. The minimum atomic E-state index is -0.264. The van der Waals surface area contributed by atoms with Crippen molar-refractivity contribution in [1.82, 2.24) is 9.88 Å². The van der Waals surface area contributed by atoms with Gasteiger partial charge in [-0.2, -0.15) is 0 Å². The van der Waals surface area contributed by atoms with Crippen LogP contribution < -0.4 is 0 Å².